The number of Topliss-reactive ketones (excluding diaryl/α,β-unsaturated/α-hetero) is 1. The molecule has 18 heteroatoms. The van der Waals surface area contributed by atoms with Crippen molar-refractivity contribution in [3.05, 3.63) is 123 Å². The minimum atomic E-state index is -1.27. The number of hydrogen-bond donors (Lipinski definition) is 8. The first-order chi connectivity index (χ1) is 28.9. The number of H-pyrrole nitrogens is 1. The number of phenolic OH excluding ortho intramolecular Hbond substituents is 1. The molecule has 1 atom stereocenters. The maximum atomic E-state index is 12.9. The number of carboxylic acid groups (broad SMARTS) is 1. The van der Waals surface area contributed by atoms with Crippen molar-refractivity contribution in [2.24, 2.45) is 0 Å². The van der Waals surface area contributed by atoms with Crippen LogP contribution in [0.2, 0.25) is 0 Å². The van der Waals surface area contributed by atoms with Gasteiger partial charge in [0.25, 0.3) is 11.5 Å². The van der Waals surface area contributed by atoms with Crippen LogP contribution in [0.3, 0.4) is 0 Å². The second kappa shape index (κ2) is 17.8. The van der Waals surface area contributed by atoms with Gasteiger partial charge in [0.2, 0.25) is 5.95 Å². The summed E-state index contributed by atoms with van der Waals surface area (Å²) in [4.78, 5) is 76.3. The molecule has 2 aromatic heterocycles. The highest BCUT2D eigenvalue weighted by atomic mass is 32.1. The maximum absolute atomic E-state index is 12.9. The number of aromatic amines is 1. The van der Waals surface area contributed by atoms with Crippen molar-refractivity contribution in [3.8, 4) is 28.2 Å². The number of aliphatic carboxylic acids is 1. The van der Waals surface area contributed by atoms with Crippen LogP contribution in [0.5, 0.6) is 5.75 Å². The van der Waals surface area contributed by atoms with E-state index in [1.165, 1.54) is 36.5 Å². The number of phenols is 1. The quantitative estimate of drug-likeness (QED) is 0.0392. The topological polar surface area (TPSA) is 268 Å². The number of ketones is 1. The van der Waals surface area contributed by atoms with Crippen LogP contribution in [-0.2, 0) is 16.1 Å². The number of nitrogens with zero attached hydrogens (tertiary/aromatic N) is 3. The van der Waals surface area contributed by atoms with Gasteiger partial charge in [0.15, 0.2) is 21.7 Å². The van der Waals surface area contributed by atoms with Gasteiger partial charge in [-0.05, 0) is 91.3 Å². The molecular formula is C42H37N9O8S. The molecule has 0 radical (unpaired) electrons. The second-order valence-electron chi connectivity index (χ2n) is 13.7. The summed E-state index contributed by atoms with van der Waals surface area (Å²) in [7, 11) is 0. The van der Waals surface area contributed by atoms with Gasteiger partial charge in [0.1, 0.15) is 28.9 Å². The van der Waals surface area contributed by atoms with Crippen molar-refractivity contribution in [3.63, 3.8) is 0 Å². The number of nitrogen functional groups attached to an aromatic ring is 1. The van der Waals surface area contributed by atoms with Crippen LogP contribution in [0.15, 0.2) is 105 Å². The Balaban J connectivity index is 0.839. The lowest BCUT2D eigenvalue weighted by atomic mass is 9.93. The molecule has 17 nitrogen and oxygen atoms in total. The van der Waals surface area contributed by atoms with Gasteiger partial charge >= 0.3 is 5.97 Å². The lowest BCUT2D eigenvalue weighted by Crippen LogP contribution is -2.41. The van der Waals surface area contributed by atoms with Gasteiger partial charge in [-0.25, -0.2) is 14.8 Å². The summed E-state index contributed by atoms with van der Waals surface area (Å²) in [6, 6.07) is 22.0. The maximum Gasteiger partial charge on any atom is 0.326 e. The molecule has 9 N–H and O–H groups in total. The fourth-order valence-electron chi connectivity index (χ4n) is 6.47. The minimum Gasteiger partial charge on any atom is -0.508 e. The molecule has 7 rings (SSSR count). The van der Waals surface area contributed by atoms with E-state index >= 15 is 0 Å². The van der Waals surface area contributed by atoms with Gasteiger partial charge in [-0.1, -0.05) is 12.1 Å². The zero-order valence-corrected chi connectivity index (χ0v) is 32.5. The molecule has 1 amide bonds. The Labute approximate surface area is 345 Å². The molecule has 304 valence electrons. The molecule has 5 aromatic rings. The molecule has 1 aliphatic carbocycles. The zero-order valence-electron chi connectivity index (χ0n) is 31.7. The molecule has 3 heterocycles. The largest absolute Gasteiger partial charge is 0.508 e. The fourth-order valence-corrected chi connectivity index (χ4v) is 6.69. The van der Waals surface area contributed by atoms with E-state index < -0.39 is 23.5 Å². The van der Waals surface area contributed by atoms with Gasteiger partial charge in [0, 0.05) is 65.0 Å². The number of rotatable bonds is 15. The lowest BCUT2D eigenvalue weighted by Gasteiger charge is -2.16. The van der Waals surface area contributed by atoms with Crippen molar-refractivity contribution in [1.29, 1.82) is 0 Å². The summed E-state index contributed by atoms with van der Waals surface area (Å²) in [6.45, 7) is 0.606. The number of thiocarbonyl (C=S) groups is 1. The van der Waals surface area contributed by atoms with Crippen molar-refractivity contribution in [2.75, 3.05) is 22.9 Å². The number of carboxylic acids is 1. The van der Waals surface area contributed by atoms with E-state index in [0.717, 1.165) is 22.1 Å². The first kappa shape index (κ1) is 40.5. The number of hydrogen-bond acceptors (Lipinski definition) is 13. The van der Waals surface area contributed by atoms with E-state index in [2.05, 4.69) is 41.2 Å². The molecule has 1 unspecified atom stereocenters. The molecule has 60 heavy (non-hydrogen) atoms. The van der Waals surface area contributed by atoms with E-state index in [9.17, 15) is 34.2 Å². The van der Waals surface area contributed by atoms with Gasteiger partial charge in [-0.15, -0.1) is 0 Å². The Kier molecular flexibility index (Phi) is 12.0. The van der Waals surface area contributed by atoms with Crippen molar-refractivity contribution in [1.82, 2.24) is 30.6 Å². The summed E-state index contributed by atoms with van der Waals surface area (Å²) in [6.07, 6.45) is 1.97. The number of aromatic hydroxyl groups is 1. The predicted molar refractivity (Wildman–Crippen MR) is 229 cm³/mol. The molecule has 0 fully saturated rings. The number of nitrogens with one attached hydrogen (secondary N) is 5. The number of fused-ring (bicyclic) bond motifs is 3. The van der Waals surface area contributed by atoms with Crippen molar-refractivity contribution < 1.29 is 29.0 Å². The van der Waals surface area contributed by atoms with E-state index in [1.807, 2.05) is 24.3 Å². The Morgan fingerprint density at radius 2 is 1.68 bits per heavy atom. The normalized spacial score (nSPS) is 11.6. The van der Waals surface area contributed by atoms with Gasteiger partial charge in [-0.2, -0.15) is 4.98 Å². The van der Waals surface area contributed by atoms with E-state index in [4.69, 9.17) is 22.4 Å². The van der Waals surface area contributed by atoms with E-state index in [1.54, 1.807) is 30.3 Å². The van der Waals surface area contributed by atoms with Crippen LogP contribution < -0.4 is 38.0 Å². The third-order valence-electron chi connectivity index (χ3n) is 9.45. The summed E-state index contributed by atoms with van der Waals surface area (Å²) in [5.74, 6) is -1.63. The van der Waals surface area contributed by atoms with Gasteiger partial charge < -0.3 is 41.6 Å². The average Bonchev–Trinajstić information content (AvgIpc) is 3.22. The Morgan fingerprint density at radius 1 is 0.917 bits per heavy atom. The lowest BCUT2D eigenvalue weighted by molar-refractivity contribution is -0.139. The molecule has 0 saturated carbocycles. The number of benzene rings is 4. The number of aromatic nitrogens is 4. The summed E-state index contributed by atoms with van der Waals surface area (Å²) < 4.78 is 5.93. The van der Waals surface area contributed by atoms with Crippen molar-refractivity contribution in [2.45, 2.75) is 38.3 Å². The van der Waals surface area contributed by atoms with Crippen LogP contribution in [0.25, 0.3) is 44.6 Å². The van der Waals surface area contributed by atoms with E-state index in [0.29, 0.717) is 46.5 Å². The third kappa shape index (κ3) is 9.68. The predicted octanol–water partition coefficient (Wildman–Crippen LogP) is 4.79. The first-order valence-electron chi connectivity index (χ1n) is 18.7. The SMILES string of the molecule is Nc1nc2ncc(CNc3ccc(C(=O)NC(CCC(=O)CCCNC(=S)Nc4ccc(-c5c6ccc(=O)cc-6oc6cc(O)ccc56)cc4)C(=O)O)cc3)nc2c(=O)[nH]1. The Bertz CT molecular complexity index is 2850. The molecular weight excluding hydrogens is 791 g/mol. The molecule has 2 aliphatic rings. The monoisotopic (exact) mass is 827 g/mol. The highest BCUT2D eigenvalue weighted by Gasteiger charge is 2.22. The minimum absolute atomic E-state index is 0.0403. The summed E-state index contributed by atoms with van der Waals surface area (Å²) in [5, 5.41) is 32.7. The Hall–Kier alpha value is -7.73. The van der Waals surface area contributed by atoms with Crippen molar-refractivity contribution >= 4 is 74.4 Å². The molecule has 0 saturated heterocycles. The number of anilines is 3. The van der Waals surface area contributed by atoms with Crippen LogP contribution in [0, 0.1) is 0 Å². The zero-order chi connectivity index (χ0) is 42.3. The molecule has 0 spiro atoms. The second-order valence-corrected chi connectivity index (χ2v) is 14.1. The molecule has 0 bridgehead atoms. The van der Waals surface area contributed by atoms with E-state index in [-0.39, 0.29) is 65.4 Å². The number of carbonyl (C=O) groups is 3. The Morgan fingerprint density at radius 3 is 2.45 bits per heavy atom. The summed E-state index contributed by atoms with van der Waals surface area (Å²) >= 11 is 5.45. The van der Waals surface area contributed by atoms with Crippen LogP contribution >= 0.6 is 12.2 Å². The molecule has 1 aliphatic heterocycles. The first-order valence-corrected chi connectivity index (χ1v) is 19.1. The third-order valence-corrected chi connectivity index (χ3v) is 9.69. The fraction of sp³-hybridized carbons (Fsp3) is 0.167. The standard InChI is InChI=1S/C42H37N9O8S/c43-41-50-37-36(39(56)51-41)47-26(21-46-37)20-45-24-7-5-23(6-8-24)38(55)49-32(40(57)58)16-13-27(52)2-1-17-44-42(60)48-25-9-3-22(4-10-25)35-30-14-11-28(53)18-33(30)59-34-19-29(54)12-15-31(34)35/h3-12,14-15,18-19,21,32,45,53H,1-2,13,16-17,20H2,(H,49,55)(H,57,58)(H2,44,48,60)(H3,43,46,50,51,56). The van der Waals surface area contributed by atoms with Crippen LogP contribution in [-0.4, -0.2) is 65.5 Å². The van der Waals surface area contributed by atoms with Crippen LogP contribution in [0.1, 0.15) is 41.7 Å². The number of nitrogens with two attached hydrogens (primary N) is 1. The highest BCUT2D eigenvalue weighted by Crippen LogP contribution is 2.40. The average molecular weight is 828 g/mol. The van der Waals surface area contributed by atoms with Gasteiger partial charge in [0.05, 0.1) is 18.4 Å². The number of amides is 1. The highest BCUT2D eigenvalue weighted by molar-refractivity contribution is 7.80. The summed E-state index contributed by atoms with van der Waals surface area (Å²) in [5.41, 5.74) is 9.95. The smallest absolute Gasteiger partial charge is 0.326 e. The number of carbonyl (C=O) groups excluding carboxylic acids is 2. The molecule has 3 aromatic carbocycles. The van der Waals surface area contributed by atoms with Crippen LogP contribution in [0.4, 0.5) is 17.3 Å². The van der Waals surface area contributed by atoms with Gasteiger partial charge in [-0.3, -0.25) is 24.2 Å².